The number of halogens is 1. The number of furan rings is 1. The number of hydrogen-bond donors (Lipinski definition) is 3. The Balaban J connectivity index is 1.60. The maximum absolute atomic E-state index is 10.2. The highest BCUT2D eigenvalue weighted by Gasteiger charge is 2.12. The first kappa shape index (κ1) is 15.8. The fourth-order valence-electron chi connectivity index (χ4n) is 2.40. The molecule has 0 aliphatic rings. The maximum Gasteiger partial charge on any atom is 0.152 e. The van der Waals surface area contributed by atoms with Crippen LogP contribution in [-0.4, -0.2) is 21.8 Å². The van der Waals surface area contributed by atoms with Crippen LogP contribution in [0, 0.1) is 6.92 Å². The van der Waals surface area contributed by atoms with Gasteiger partial charge < -0.3 is 14.8 Å². The van der Waals surface area contributed by atoms with Gasteiger partial charge in [-0.2, -0.15) is 5.10 Å². The molecule has 0 bridgehead atoms. The lowest BCUT2D eigenvalue weighted by atomic mass is 10.1. The van der Waals surface area contributed by atoms with Crippen LogP contribution >= 0.6 is 11.6 Å². The molecule has 3 aromatic rings. The zero-order valence-corrected chi connectivity index (χ0v) is 13.5. The van der Waals surface area contributed by atoms with Gasteiger partial charge >= 0.3 is 0 Å². The molecule has 2 heterocycles. The van der Waals surface area contributed by atoms with Crippen LogP contribution in [0.2, 0.25) is 5.02 Å². The van der Waals surface area contributed by atoms with E-state index in [1.165, 1.54) is 0 Å². The molecular formula is C17H18ClN3O2. The Kier molecular flexibility index (Phi) is 4.81. The maximum atomic E-state index is 10.2. The number of nitrogens with zero attached hydrogens (tertiary/aromatic N) is 1. The molecule has 1 aromatic carbocycles. The first-order chi connectivity index (χ1) is 11.1. The van der Waals surface area contributed by atoms with Crippen LogP contribution in [0.25, 0.3) is 11.5 Å². The number of aromatic amines is 1. The van der Waals surface area contributed by atoms with E-state index in [9.17, 15) is 5.11 Å². The minimum atomic E-state index is -0.616. The molecule has 0 unspecified atom stereocenters. The molecule has 120 valence electrons. The molecule has 23 heavy (non-hydrogen) atoms. The van der Waals surface area contributed by atoms with E-state index in [1.54, 1.807) is 18.3 Å². The molecule has 1 atom stereocenters. The largest absolute Gasteiger partial charge is 0.460 e. The van der Waals surface area contributed by atoms with Crippen molar-refractivity contribution in [3.8, 4) is 11.5 Å². The van der Waals surface area contributed by atoms with Crippen LogP contribution in [0.15, 0.2) is 47.0 Å². The molecule has 0 aliphatic carbocycles. The molecule has 2 aromatic heterocycles. The van der Waals surface area contributed by atoms with Crippen LogP contribution < -0.4 is 5.32 Å². The molecule has 0 fully saturated rings. The number of nitrogens with one attached hydrogen (secondary N) is 2. The summed E-state index contributed by atoms with van der Waals surface area (Å²) in [5.74, 6) is 1.61. The molecule has 0 amide bonds. The van der Waals surface area contributed by atoms with Crippen LogP contribution in [0.1, 0.15) is 23.0 Å². The van der Waals surface area contributed by atoms with Crippen LogP contribution in [0.5, 0.6) is 0 Å². The van der Waals surface area contributed by atoms with Crippen molar-refractivity contribution < 1.29 is 9.52 Å². The topological polar surface area (TPSA) is 74.1 Å². The van der Waals surface area contributed by atoms with E-state index in [0.29, 0.717) is 18.1 Å². The molecule has 5 nitrogen and oxygen atoms in total. The summed E-state index contributed by atoms with van der Waals surface area (Å²) in [6.07, 6.45) is 1.14. The predicted molar refractivity (Wildman–Crippen MR) is 89.1 cm³/mol. The average Bonchev–Trinajstić information content (AvgIpc) is 3.16. The fraction of sp³-hybridized carbons (Fsp3) is 0.235. The zero-order chi connectivity index (χ0) is 16.2. The van der Waals surface area contributed by atoms with E-state index < -0.39 is 6.10 Å². The van der Waals surface area contributed by atoms with Crippen molar-refractivity contribution in [3.05, 3.63) is 64.5 Å². The predicted octanol–water partition coefficient (Wildman–Crippen LogP) is 3.45. The van der Waals surface area contributed by atoms with Crippen molar-refractivity contribution >= 4 is 11.6 Å². The molecule has 6 heteroatoms. The van der Waals surface area contributed by atoms with Crippen molar-refractivity contribution in [2.75, 3.05) is 6.54 Å². The zero-order valence-electron chi connectivity index (χ0n) is 12.7. The van der Waals surface area contributed by atoms with Crippen molar-refractivity contribution in [1.82, 2.24) is 15.5 Å². The van der Waals surface area contributed by atoms with Gasteiger partial charge in [0, 0.05) is 23.7 Å². The normalized spacial score (nSPS) is 12.5. The van der Waals surface area contributed by atoms with Gasteiger partial charge in [-0.1, -0.05) is 23.7 Å². The Morgan fingerprint density at radius 3 is 2.96 bits per heavy atom. The number of hydrogen-bond acceptors (Lipinski definition) is 4. The quantitative estimate of drug-likeness (QED) is 0.646. The Morgan fingerprint density at radius 2 is 2.22 bits per heavy atom. The highest BCUT2D eigenvalue weighted by Crippen LogP contribution is 2.23. The number of aryl methyl sites for hydroxylation is 1. The minimum Gasteiger partial charge on any atom is -0.460 e. The Bertz CT molecular complexity index is 782. The van der Waals surface area contributed by atoms with Gasteiger partial charge in [0.1, 0.15) is 11.5 Å². The summed E-state index contributed by atoms with van der Waals surface area (Å²) in [5, 5.41) is 21.1. The third-order valence-electron chi connectivity index (χ3n) is 3.59. The van der Waals surface area contributed by atoms with E-state index in [0.717, 1.165) is 28.3 Å². The number of aliphatic hydroxyl groups excluding tert-OH is 1. The number of aliphatic hydroxyl groups is 1. The molecular weight excluding hydrogens is 314 g/mol. The van der Waals surface area contributed by atoms with Crippen LogP contribution in [-0.2, 0) is 6.54 Å². The smallest absolute Gasteiger partial charge is 0.152 e. The molecule has 0 saturated heterocycles. The van der Waals surface area contributed by atoms with E-state index >= 15 is 0 Å². The van der Waals surface area contributed by atoms with Gasteiger partial charge in [-0.15, -0.1) is 0 Å². The van der Waals surface area contributed by atoms with Crippen molar-refractivity contribution in [1.29, 1.82) is 0 Å². The summed E-state index contributed by atoms with van der Waals surface area (Å²) in [6.45, 7) is 2.89. The van der Waals surface area contributed by atoms with Gasteiger partial charge in [0.25, 0.3) is 0 Å². The molecule has 0 aliphatic heterocycles. The first-order valence-electron chi connectivity index (χ1n) is 7.37. The van der Waals surface area contributed by atoms with Gasteiger partial charge in [-0.25, -0.2) is 0 Å². The summed E-state index contributed by atoms with van der Waals surface area (Å²) in [6, 6.07) is 11.1. The van der Waals surface area contributed by atoms with E-state index in [4.69, 9.17) is 16.0 Å². The van der Waals surface area contributed by atoms with E-state index in [2.05, 4.69) is 15.5 Å². The SMILES string of the molecule is Cc1ccc(-c2[nH]ncc2CNC[C@H](O)c2cccc(Cl)c2)o1. The molecule has 0 saturated carbocycles. The summed E-state index contributed by atoms with van der Waals surface area (Å²) < 4.78 is 5.62. The van der Waals surface area contributed by atoms with Crippen molar-refractivity contribution in [3.63, 3.8) is 0 Å². The Morgan fingerprint density at radius 1 is 1.35 bits per heavy atom. The van der Waals surface area contributed by atoms with Gasteiger partial charge in [0.2, 0.25) is 0 Å². The lowest BCUT2D eigenvalue weighted by Gasteiger charge is -2.12. The standard InChI is InChI=1S/C17H18ClN3O2/c1-11-5-6-16(23-11)17-13(9-20-21-17)8-19-10-15(22)12-3-2-4-14(18)7-12/h2-7,9,15,19,22H,8,10H2,1H3,(H,20,21)/t15-/m0/s1. The van der Waals surface area contributed by atoms with Crippen LogP contribution in [0.3, 0.4) is 0 Å². The second-order valence-corrected chi connectivity index (χ2v) is 5.82. The Labute approximate surface area is 139 Å². The molecule has 0 radical (unpaired) electrons. The first-order valence-corrected chi connectivity index (χ1v) is 7.74. The molecule has 0 spiro atoms. The number of H-pyrrole nitrogens is 1. The summed E-state index contributed by atoms with van der Waals surface area (Å²) in [5.41, 5.74) is 2.62. The fourth-order valence-corrected chi connectivity index (χ4v) is 2.60. The summed E-state index contributed by atoms with van der Waals surface area (Å²) >= 11 is 5.94. The van der Waals surface area contributed by atoms with Gasteiger partial charge in [0.15, 0.2) is 5.76 Å². The van der Waals surface area contributed by atoms with Gasteiger partial charge in [0.05, 0.1) is 12.3 Å². The van der Waals surface area contributed by atoms with Crippen molar-refractivity contribution in [2.45, 2.75) is 19.6 Å². The molecule has 3 rings (SSSR count). The lowest BCUT2D eigenvalue weighted by Crippen LogP contribution is -2.21. The molecule has 3 N–H and O–H groups in total. The number of aromatic nitrogens is 2. The Hall–Kier alpha value is -2.08. The second-order valence-electron chi connectivity index (χ2n) is 5.38. The van der Waals surface area contributed by atoms with Crippen LogP contribution in [0.4, 0.5) is 0 Å². The minimum absolute atomic E-state index is 0.419. The monoisotopic (exact) mass is 331 g/mol. The lowest BCUT2D eigenvalue weighted by molar-refractivity contribution is 0.174. The van der Waals surface area contributed by atoms with Crippen molar-refractivity contribution in [2.24, 2.45) is 0 Å². The summed E-state index contributed by atoms with van der Waals surface area (Å²) in [7, 11) is 0. The van der Waals surface area contributed by atoms with E-state index in [1.807, 2.05) is 31.2 Å². The number of benzene rings is 1. The highest BCUT2D eigenvalue weighted by atomic mass is 35.5. The van der Waals surface area contributed by atoms with Gasteiger partial charge in [-0.3, -0.25) is 5.10 Å². The van der Waals surface area contributed by atoms with Gasteiger partial charge in [-0.05, 0) is 36.8 Å². The highest BCUT2D eigenvalue weighted by molar-refractivity contribution is 6.30. The number of rotatable bonds is 6. The third kappa shape index (κ3) is 3.82. The second kappa shape index (κ2) is 7.00. The average molecular weight is 332 g/mol. The van der Waals surface area contributed by atoms with E-state index in [-0.39, 0.29) is 0 Å². The summed E-state index contributed by atoms with van der Waals surface area (Å²) in [4.78, 5) is 0. The third-order valence-corrected chi connectivity index (χ3v) is 3.83.